The van der Waals surface area contributed by atoms with E-state index in [4.69, 9.17) is 4.42 Å². The molecule has 3 heterocycles. The van der Waals surface area contributed by atoms with Crippen molar-refractivity contribution in [2.24, 2.45) is 0 Å². The molecule has 2 fully saturated rings. The second kappa shape index (κ2) is 18.2. The Morgan fingerprint density at radius 3 is 1.54 bits per heavy atom. The van der Waals surface area contributed by atoms with Crippen LogP contribution >= 0.6 is 0 Å². The fourth-order valence-corrected chi connectivity index (χ4v) is 7.06. The van der Waals surface area contributed by atoms with Crippen LogP contribution in [0.1, 0.15) is 84.0 Å². The van der Waals surface area contributed by atoms with E-state index in [0.717, 1.165) is 12.8 Å². The second-order valence-electron chi connectivity index (χ2n) is 14.2. The number of rotatable bonds is 14. The molecule has 2 saturated carbocycles. The van der Waals surface area contributed by atoms with Crippen LogP contribution in [0.5, 0.6) is 11.5 Å². The Bertz CT molecular complexity index is 2280. The van der Waals surface area contributed by atoms with E-state index in [2.05, 4.69) is 39.6 Å². The number of halogens is 10. The summed E-state index contributed by atoms with van der Waals surface area (Å²) in [7, 11) is 0. The van der Waals surface area contributed by atoms with Crippen molar-refractivity contribution in [2.45, 2.75) is 87.8 Å². The second-order valence-corrected chi connectivity index (χ2v) is 14.2. The van der Waals surface area contributed by atoms with Crippen LogP contribution in [0.4, 0.5) is 43.9 Å². The van der Waals surface area contributed by atoms with Gasteiger partial charge in [0.05, 0.1) is 17.7 Å². The molecule has 3 aromatic heterocycles. The van der Waals surface area contributed by atoms with Gasteiger partial charge in [0.2, 0.25) is 0 Å². The number of nitrogens with zero attached hydrogens (tertiary/aromatic N) is 6. The first-order chi connectivity index (χ1) is 28.9. The Balaban J connectivity index is 0.000000204. The summed E-state index contributed by atoms with van der Waals surface area (Å²) in [6.07, 6.45) is -5.83. The van der Waals surface area contributed by atoms with Gasteiger partial charge in [-0.05, 0) is 37.8 Å². The standard InChI is InChI=1S/C20H18F5N3O3.C19H15F5N4O2/c21-17(22)18(30)28-11-14(29)12-9-26-16(27-10-12)8-19(6-3-7-19)13-4-1-2-5-15(13)31-20(23,24)25;20-15(21)17-28-27-16(29-17)11-9-25-14(26-10-11)8-18(6-3-7-18)12-4-1-2-5-13(12)30-19(22,23)24/h1-2,4-5,9-10,17H,3,6-8,11H2,(H,28,30);1-2,4-5,9-10,15H,3,6-8H2. The lowest BCUT2D eigenvalue weighted by Gasteiger charge is -2.42. The minimum absolute atomic E-state index is 0.0155. The van der Waals surface area contributed by atoms with Gasteiger partial charge in [0.15, 0.2) is 5.78 Å². The number of carbonyl (C=O) groups excluding carboxylic acids is 2. The summed E-state index contributed by atoms with van der Waals surface area (Å²) < 4.78 is 140. The van der Waals surface area contributed by atoms with E-state index in [9.17, 15) is 53.5 Å². The quantitative estimate of drug-likeness (QED) is 0.0843. The highest BCUT2D eigenvalue weighted by atomic mass is 19.4. The lowest BCUT2D eigenvalue weighted by atomic mass is 9.62. The first-order valence-electron chi connectivity index (χ1n) is 18.4. The molecule has 2 aliphatic rings. The molecule has 22 heteroatoms. The Morgan fingerprint density at radius 1 is 0.689 bits per heavy atom. The number of ketones is 1. The van der Waals surface area contributed by atoms with Crippen molar-refractivity contribution in [1.29, 1.82) is 0 Å². The van der Waals surface area contributed by atoms with Gasteiger partial charge in [-0.2, -0.15) is 17.6 Å². The van der Waals surface area contributed by atoms with Crippen LogP contribution in [0.2, 0.25) is 0 Å². The number of amides is 1. The molecule has 0 aliphatic heterocycles. The SMILES string of the molecule is FC(F)c1nnc(-c2cnc(CC3(c4ccccc4OC(F)(F)F)CCC3)nc2)o1.O=C(CNC(=O)C(F)F)c1cnc(CC2(c3ccccc3OC(F)(F)F)CCC2)nc1. The minimum Gasteiger partial charge on any atom is -0.415 e. The number of nitrogens with one attached hydrogen (secondary N) is 1. The van der Waals surface area contributed by atoms with Gasteiger partial charge in [-0.25, -0.2) is 19.9 Å². The molecule has 61 heavy (non-hydrogen) atoms. The van der Waals surface area contributed by atoms with Gasteiger partial charge < -0.3 is 19.2 Å². The fourth-order valence-electron chi connectivity index (χ4n) is 7.06. The van der Waals surface area contributed by atoms with E-state index in [1.165, 1.54) is 49.1 Å². The Kier molecular flexibility index (Phi) is 13.2. The molecular weight excluding hydrogens is 836 g/mol. The van der Waals surface area contributed by atoms with E-state index in [1.807, 2.05) is 0 Å². The van der Waals surface area contributed by atoms with Crippen LogP contribution in [-0.2, 0) is 28.5 Å². The number of ether oxygens (including phenoxy) is 2. The van der Waals surface area contributed by atoms with E-state index in [0.29, 0.717) is 54.9 Å². The van der Waals surface area contributed by atoms with E-state index in [1.54, 1.807) is 29.6 Å². The Hall–Kier alpha value is -6.22. The first kappa shape index (κ1) is 44.3. The van der Waals surface area contributed by atoms with Crippen molar-refractivity contribution >= 4 is 11.7 Å². The molecule has 0 radical (unpaired) electrons. The Morgan fingerprint density at radius 2 is 1.15 bits per heavy atom. The third-order valence-electron chi connectivity index (χ3n) is 10.2. The van der Waals surface area contributed by atoms with Crippen LogP contribution < -0.4 is 14.8 Å². The van der Waals surface area contributed by atoms with Gasteiger partial charge >= 0.3 is 25.6 Å². The highest BCUT2D eigenvalue weighted by Gasteiger charge is 2.45. The molecule has 324 valence electrons. The average molecular weight is 870 g/mol. The maximum absolute atomic E-state index is 12.8. The van der Waals surface area contributed by atoms with Gasteiger partial charge in [0.1, 0.15) is 23.1 Å². The van der Waals surface area contributed by atoms with Gasteiger partial charge in [-0.3, -0.25) is 9.59 Å². The van der Waals surface area contributed by atoms with Gasteiger partial charge in [-0.1, -0.05) is 49.2 Å². The van der Waals surface area contributed by atoms with Crippen LogP contribution in [-0.4, -0.2) is 67.5 Å². The summed E-state index contributed by atoms with van der Waals surface area (Å²) in [6.45, 7) is -0.627. The van der Waals surface area contributed by atoms with Crippen LogP contribution in [0.25, 0.3) is 11.5 Å². The Labute approximate surface area is 339 Å². The third kappa shape index (κ3) is 11.1. The molecule has 7 rings (SSSR count). The summed E-state index contributed by atoms with van der Waals surface area (Å²) in [5.41, 5.74) is -0.0462. The largest absolute Gasteiger partial charge is 0.573 e. The highest BCUT2D eigenvalue weighted by molar-refractivity contribution is 5.99. The average Bonchev–Trinajstić information content (AvgIpc) is 3.68. The van der Waals surface area contributed by atoms with Crippen molar-refractivity contribution in [3.63, 3.8) is 0 Å². The number of hydrogen-bond donors (Lipinski definition) is 1. The lowest BCUT2D eigenvalue weighted by Crippen LogP contribution is -2.38. The number of carbonyl (C=O) groups is 2. The predicted molar refractivity (Wildman–Crippen MR) is 190 cm³/mol. The van der Waals surface area contributed by atoms with Crippen molar-refractivity contribution in [3.05, 3.63) is 108 Å². The molecular formula is C39H33F10N7O5. The van der Waals surface area contributed by atoms with E-state index >= 15 is 0 Å². The van der Waals surface area contributed by atoms with Crippen molar-refractivity contribution in [2.75, 3.05) is 6.54 Å². The molecule has 0 atom stereocenters. The van der Waals surface area contributed by atoms with Gasteiger partial charge in [-0.15, -0.1) is 36.5 Å². The fraction of sp³-hybridized carbons (Fsp3) is 0.385. The molecule has 2 aromatic carbocycles. The van der Waals surface area contributed by atoms with Crippen LogP contribution in [0.3, 0.4) is 0 Å². The lowest BCUT2D eigenvalue weighted by molar-refractivity contribution is -0.276. The van der Waals surface area contributed by atoms with Crippen LogP contribution in [0, 0.1) is 0 Å². The summed E-state index contributed by atoms with van der Waals surface area (Å²) in [6, 6.07) is 12.0. The smallest absolute Gasteiger partial charge is 0.415 e. The molecule has 1 amide bonds. The predicted octanol–water partition coefficient (Wildman–Crippen LogP) is 8.63. The van der Waals surface area contributed by atoms with Crippen LogP contribution in [0.15, 0.2) is 77.7 Å². The monoisotopic (exact) mass is 869 g/mol. The summed E-state index contributed by atoms with van der Waals surface area (Å²) in [4.78, 5) is 39.5. The van der Waals surface area contributed by atoms with E-state index < -0.39 is 60.5 Å². The zero-order chi connectivity index (χ0) is 44.0. The molecule has 5 aromatic rings. The maximum atomic E-state index is 12.8. The number of alkyl halides is 10. The summed E-state index contributed by atoms with van der Waals surface area (Å²) >= 11 is 0. The topological polar surface area (TPSA) is 155 Å². The normalized spacial score (nSPS) is 15.5. The minimum atomic E-state index is -4.82. The molecule has 0 bridgehead atoms. The molecule has 2 aliphatic carbocycles. The van der Waals surface area contributed by atoms with Gasteiger partial charge in [0, 0.05) is 59.6 Å². The number of aromatic nitrogens is 6. The van der Waals surface area contributed by atoms with Gasteiger partial charge in [0.25, 0.3) is 17.7 Å². The number of para-hydroxylation sites is 2. The molecule has 0 spiro atoms. The molecule has 0 unspecified atom stereocenters. The molecule has 1 N–H and O–H groups in total. The maximum Gasteiger partial charge on any atom is 0.573 e. The molecule has 12 nitrogen and oxygen atoms in total. The van der Waals surface area contributed by atoms with Crippen molar-refractivity contribution in [3.8, 4) is 23.0 Å². The summed E-state index contributed by atoms with van der Waals surface area (Å²) in [5.74, 6) is -2.94. The van der Waals surface area contributed by atoms with Crippen molar-refractivity contribution < 1.29 is 67.4 Å². The molecule has 0 saturated heterocycles. The zero-order valence-electron chi connectivity index (χ0n) is 31.5. The first-order valence-corrected chi connectivity index (χ1v) is 18.4. The third-order valence-corrected chi connectivity index (χ3v) is 10.2. The number of hydrogen-bond acceptors (Lipinski definition) is 11. The highest BCUT2D eigenvalue weighted by Crippen LogP contribution is 2.51. The number of benzene rings is 2. The number of Topliss-reactive ketones (excluding diaryl/α,β-unsaturated/α-hetero) is 1. The zero-order valence-corrected chi connectivity index (χ0v) is 31.5. The van der Waals surface area contributed by atoms with Crippen molar-refractivity contribution in [1.82, 2.24) is 35.5 Å². The van der Waals surface area contributed by atoms with E-state index in [-0.39, 0.29) is 34.9 Å². The summed E-state index contributed by atoms with van der Waals surface area (Å²) in [5, 5.41) is 8.58.